The van der Waals surface area contributed by atoms with Crippen molar-refractivity contribution in [2.75, 3.05) is 18.9 Å². The van der Waals surface area contributed by atoms with Crippen LogP contribution in [0.2, 0.25) is 0 Å². The number of nitrogen functional groups attached to an aromatic ring is 1. The van der Waals surface area contributed by atoms with Crippen LogP contribution in [-0.4, -0.2) is 24.2 Å². The molecule has 0 saturated heterocycles. The second-order valence-electron chi connectivity index (χ2n) is 5.64. The second-order valence-corrected chi connectivity index (χ2v) is 5.64. The Balaban J connectivity index is 1.98. The molecular weight excluding hydrogens is 259 g/mol. The predicted molar refractivity (Wildman–Crippen MR) is 75.7 cm³/mol. The molecule has 5 heteroatoms. The summed E-state index contributed by atoms with van der Waals surface area (Å²) in [5.74, 6) is -0.922. The van der Waals surface area contributed by atoms with Crippen LogP contribution in [-0.2, 0) is 0 Å². The fourth-order valence-corrected chi connectivity index (χ4v) is 2.73. The number of anilines is 1. The number of aliphatic hydroxyl groups excluding tert-OH is 1. The highest BCUT2D eigenvalue weighted by Crippen LogP contribution is 2.35. The Morgan fingerprint density at radius 1 is 1.35 bits per heavy atom. The van der Waals surface area contributed by atoms with Crippen LogP contribution in [0.3, 0.4) is 0 Å². The first-order valence-electron chi connectivity index (χ1n) is 7.00. The van der Waals surface area contributed by atoms with E-state index < -0.39 is 5.82 Å². The van der Waals surface area contributed by atoms with Crippen LogP contribution in [0.4, 0.5) is 10.1 Å². The van der Waals surface area contributed by atoms with Gasteiger partial charge in [-0.3, -0.25) is 4.79 Å². The average molecular weight is 280 g/mol. The number of halogens is 1. The highest BCUT2D eigenvalue weighted by Gasteiger charge is 2.31. The van der Waals surface area contributed by atoms with Gasteiger partial charge in [-0.25, -0.2) is 4.39 Å². The molecule has 0 bridgehead atoms. The molecule has 0 aliphatic heterocycles. The van der Waals surface area contributed by atoms with E-state index in [1.54, 1.807) is 0 Å². The lowest BCUT2D eigenvalue weighted by Crippen LogP contribution is -2.41. The number of nitrogens with one attached hydrogen (secondary N) is 1. The van der Waals surface area contributed by atoms with Crippen LogP contribution in [0.5, 0.6) is 0 Å². The van der Waals surface area contributed by atoms with E-state index in [0.717, 1.165) is 31.7 Å². The summed E-state index contributed by atoms with van der Waals surface area (Å²) in [5.41, 5.74) is 5.44. The van der Waals surface area contributed by atoms with Gasteiger partial charge >= 0.3 is 0 Å². The van der Waals surface area contributed by atoms with Gasteiger partial charge in [-0.1, -0.05) is 19.3 Å². The summed E-state index contributed by atoms with van der Waals surface area (Å²) < 4.78 is 13.3. The summed E-state index contributed by atoms with van der Waals surface area (Å²) in [6.07, 6.45) is 5.17. The normalized spacial score (nSPS) is 17.7. The molecule has 0 heterocycles. The van der Waals surface area contributed by atoms with Gasteiger partial charge in [0.25, 0.3) is 5.91 Å². The predicted octanol–water partition coefficient (Wildman–Crippen LogP) is 2.08. The molecule has 0 radical (unpaired) electrons. The van der Waals surface area contributed by atoms with Gasteiger partial charge in [0.05, 0.1) is 12.3 Å². The van der Waals surface area contributed by atoms with Crippen LogP contribution < -0.4 is 11.1 Å². The SMILES string of the molecule is Nc1ccc(C(=O)NCC2(CO)CCCCC2)cc1F. The van der Waals surface area contributed by atoms with E-state index in [9.17, 15) is 14.3 Å². The number of carbonyl (C=O) groups is 1. The first-order chi connectivity index (χ1) is 9.56. The number of hydrogen-bond donors (Lipinski definition) is 3. The first-order valence-corrected chi connectivity index (χ1v) is 7.00. The fourth-order valence-electron chi connectivity index (χ4n) is 2.73. The zero-order chi connectivity index (χ0) is 14.6. The van der Waals surface area contributed by atoms with Crippen molar-refractivity contribution in [3.63, 3.8) is 0 Å². The Morgan fingerprint density at radius 3 is 2.65 bits per heavy atom. The van der Waals surface area contributed by atoms with Crippen LogP contribution in [0.15, 0.2) is 18.2 Å². The zero-order valence-corrected chi connectivity index (χ0v) is 11.5. The molecule has 1 aromatic carbocycles. The number of hydrogen-bond acceptors (Lipinski definition) is 3. The van der Waals surface area contributed by atoms with E-state index in [4.69, 9.17) is 5.73 Å². The molecule has 4 N–H and O–H groups in total. The third kappa shape index (κ3) is 3.28. The highest BCUT2D eigenvalue weighted by atomic mass is 19.1. The number of carbonyl (C=O) groups excluding carboxylic acids is 1. The molecule has 20 heavy (non-hydrogen) atoms. The summed E-state index contributed by atoms with van der Waals surface area (Å²) in [6.45, 7) is 0.498. The third-order valence-corrected chi connectivity index (χ3v) is 4.14. The fraction of sp³-hybridized carbons (Fsp3) is 0.533. The van der Waals surface area contributed by atoms with E-state index in [0.29, 0.717) is 6.54 Å². The minimum Gasteiger partial charge on any atom is -0.396 e. The zero-order valence-electron chi connectivity index (χ0n) is 11.5. The Kier molecular flexibility index (Phi) is 4.60. The van der Waals surface area contributed by atoms with Crippen molar-refractivity contribution in [3.8, 4) is 0 Å². The van der Waals surface area contributed by atoms with E-state index in [1.165, 1.54) is 18.6 Å². The smallest absolute Gasteiger partial charge is 0.251 e. The quantitative estimate of drug-likeness (QED) is 0.739. The van der Waals surface area contributed by atoms with Crippen molar-refractivity contribution in [2.24, 2.45) is 5.41 Å². The van der Waals surface area contributed by atoms with Crippen molar-refractivity contribution in [1.82, 2.24) is 5.32 Å². The summed E-state index contributed by atoms with van der Waals surface area (Å²) >= 11 is 0. The highest BCUT2D eigenvalue weighted by molar-refractivity contribution is 5.94. The maximum absolute atomic E-state index is 13.3. The second kappa shape index (κ2) is 6.22. The number of aliphatic hydroxyl groups is 1. The molecule has 0 spiro atoms. The van der Waals surface area contributed by atoms with E-state index in [1.807, 2.05) is 0 Å². The van der Waals surface area contributed by atoms with E-state index in [-0.39, 0.29) is 29.2 Å². The standard InChI is InChI=1S/C15H21FN2O2/c16-12-8-11(4-5-13(12)17)14(20)18-9-15(10-19)6-2-1-3-7-15/h4-5,8,19H,1-3,6-7,9-10,17H2,(H,18,20). The minimum absolute atomic E-state index is 0.0284. The van der Waals surface area contributed by atoms with Gasteiger partial charge < -0.3 is 16.2 Å². The van der Waals surface area contributed by atoms with Gasteiger partial charge in [-0.05, 0) is 31.0 Å². The average Bonchev–Trinajstić information content (AvgIpc) is 2.48. The molecule has 1 saturated carbocycles. The van der Waals surface area contributed by atoms with Gasteiger partial charge in [0.2, 0.25) is 0 Å². The topological polar surface area (TPSA) is 75.4 Å². The molecule has 1 aromatic rings. The maximum atomic E-state index is 13.3. The molecule has 2 rings (SSSR count). The Hall–Kier alpha value is -1.62. The minimum atomic E-state index is -0.591. The van der Waals surface area contributed by atoms with Gasteiger partial charge in [0.15, 0.2) is 0 Å². The Morgan fingerprint density at radius 2 is 2.05 bits per heavy atom. The molecule has 1 fully saturated rings. The lowest BCUT2D eigenvalue weighted by atomic mass is 9.74. The third-order valence-electron chi connectivity index (χ3n) is 4.14. The van der Waals surface area contributed by atoms with Crippen molar-refractivity contribution in [2.45, 2.75) is 32.1 Å². The van der Waals surface area contributed by atoms with Gasteiger partial charge in [-0.15, -0.1) is 0 Å². The van der Waals surface area contributed by atoms with Crippen LogP contribution in [0.1, 0.15) is 42.5 Å². The first kappa shape index (κ1) is 14.8. The molecular formula is C15H21FN2O2. The Labute approximate surface area is 118 Å². The van der Waals surface area contributed by atoms with Gasteiger partial charge in [0.1, 0.15) is 5.82 Å². The summed E-state index contributed by atoms with van der Waals surface area (Å²) in [5, 5.41) is 12.4. The molecule has 4 nitrogen and oxygen atoms in total. The number of nitrogens with two attached hydrogens (primary N) is 1. The van der Waals surface area contributed by atoms with E-state index in [2.05, 4.69) is 5.32 Å². The molecule has 1 amide bonds. The summed E-state index contributed by atoms with van der Waals surface area (Å²) in [4.78, 5) is 12.0. The van der Waals surface area contributed by atoms with Gasteiger partial charge in [0, 0.05) is 17.5 Å². The number of rotatable bonds is 4. The van der Waals surface area contributed by atoms with E-state index >= 15 is 0 Å². The Bertz CT molecular complexity index is 485. The maximum Gasteiger partial charge on any atom is 0.251 e. The van der Waals surface area contributed by atoms with Gasteiger partial charge in [-0.2, -0.15) is 0 Å². The monoisotopic (exact) mass is 280 g/mol. The molecule has 1 aliphatic rings. The van der Waals surface area contributed by atoms with Crippen LogP contribution in [0, 0.1) is 11.2 Å². The number of benzene rings is 1. The van der Waals surface area contributed by atoms with Crippen LogP contribution >= 0.6 is 0 Å². The van der Waals surface area contributed by atoms with Crippen LogP contribution in [0.25, 0.3) is 0 Å². The van der Waals surface area contributed by atoms with Crippen molar-refractivity contribution in [3.05, 3.63) is 29.6 Å². The van der Waals surface area contributed by atoms with Crippen molar-refractivity contribution in [1.29, 1.82) is 0 Å². The molecule has 110 valence electrons. The van der Waals surface area contributed by atoms with Crippen molar-refractivity contribution >= 4 is 11.6 Å². The van der Waals surface area contributed by atoms with Crippen molar-refractivity contribution < 1.29 is 14.3 Å². The lowest BCUT2D eigenvalue weighted by Gasteiger charge is -2.35. The summed E-state index contributed by atoms with van der Waals surface area (Å²) in [7, 11) is 0. The molecule has 0 atom stereocenters. The number of amides is 1. The summed E-state index contributed by atoms with van der Waals surface area (Å²) in [6, 6.07) is 4.02. The molecule has 0 aromatic heterocycles. The molecule has 1 aliphatic carbocycles. The lowest BCUT2D eigenvalue weighted by molar-refractivity contribution is 0.0718. The molecule has 0 unspecified atom stereocenters. The largest absolute Gasteiger partial charge is 0.396 e.